The van der Waals surface area contributed by atoms with E-state index in [2.05, 4.69) is 0 Å². The quantitative estimate of drug-likeness (QED) is 0.617. The van der Waals surface area contributed by atoms with Crippen molar-refractivity contribution in [2.24, 2.45) is 5.92 Å². The molecule has 0 heterocycles. The number of ether oxygens (including phenoxy) is 1. The molecule has 0 aliphatic heterocycles. The van der Waals surface area contributed by atoms with E-state index in [1.807, 2.05) is 13.8 Å². The minimum Gasteiger partial charge on any atom is -0.504 e. The van der Waals surface area contributed by atoms with E-state index in [-0.39, 0.29) is 17.2 Å². The summed E-state index contributed by atoms with van der Waals surface area (Å²) >= 11 is 0. The van der Waals surface area contributed by atoms with E-state index in [1.54, 1.807) is 0 Å². The highest BCUT2D eigenvalue weighted by Gasteiger charge is 2.11. The smallest absolute Gasteiger partial charge is 0.273 e. The fraction of sp³-hybridized carbons (Fsp3) is 0.455. The summed E-state index contributed by atoms with van der Waals surface area (Å²) in [4.78, 5) is 10.0. The second kappa shape index (κ2) is 5.34. The van der Waals surface area contributed by atoms with Crippen LogP contribution in [-0.2, 0) is 0 Å². The lowest BCUT2D eigenvalue weighted by Crippen LogP contribution is -2.07. The lowest BCUT2D eigenvalue weighted by Gasteiger charge is -2.11. The average Bonchev–Trinajstić information content (AvgIpc) is 2.27. The van der Waals surface area contributed by atoms with Gasteiger partial charge in [-0.1, -0.05) is 20.3 Å². The molecule has 88 valence electrons. The molecule has 0 aromatic heterocycles. The third kappa shape index (κ3) is 3.12. The molecule has 0 saturated heterocycles. The fourth-order valence-electron chi connectivity index (χ4n) is 1.08. The zero-order valence-corrected chi connectivity index (χ0v) is 9.34. The van der Waals surface area contributed by atoms with Gasteiger partial charge in [0.2, 0.25) is 0 Å². The molecule has 0 aliphatic carbocycles. The van der Waals surface area contributed by atoms with Crippen LogP contribution in [-0.4, -0.2) is 16.6 Å². The van der Waals surface area contributed by atoms with Crippen LogP contribution in [0, 0.1) is 16.0 Å². The Balaban J connectivity index is 2.78. The van der Waals surface area contributed by atoms with Crippen molar-refractivity contribution in [2.75, 3.05) is 6.61 Å². The third-order valence-corrected chi connectivity index (χ3v) is 2.37. The van der Waals surface area contributed by atoms with Crippen molar-refractivity contribution in [3.63, 3.8) is 0 Å². The number of nitro benzene ring substituents is 1. The Kier molecular flexibility index (Phi) is 4.10. The van der Waals surface area contributed by atoms with Gasteiger partial charge in [0, 0.05) is 6.07 Å². The summed E-state index contributed by atoms with van der Waals surface area (Å²) in [6, 6.07) is 3.74. The first kappa shape index (κ1) is 12.3. The van der Waals surface area contributed by atoms with Crippen molar-refractivity contribution in [2.45, 2.75) is 20.3 Å². The predicted octanol–water partition coefficient (Wildman–Crippen LogP) is 2.73. The molecule has 5 nitrogen and oxygen atoms in total. The van der Waals surface area contributed by atoms with Crippen LogP contribution in [0.3, 0.4) is 0 Å². The molecule has 0 aliphatic rings. The van der Waals surface area contributed by atoms with Crippen molar-refractivity contribution < 1.29 is 14.8 Å². The maximum Gasteiger partial charge on any atom is 0.273 e. The van der Waals surface area contributed by atoms with E-state index in [4.69, 9.17) is 4.74 Å². The SMILES string of the molecule is CCC(C)COc1cc([N+](=O)[O-])ccc1O. The average molecular weight is 225 g/mol. The van der Waals surface area contributed by atoms with E-state index in [1.165, 1.54) is 18.2 Å². The maximum absolute atomic E-state index is 10.5. The molecule has 1 aromatic rings. The maximum atomic E-state index is 10.5. The molecular weight excluding hydrogens is 210 g/mol. The number of aromatic hydroxyl groups is 1. The Hall–Kier alpha value is -1.78. The second-order valence-electron chi connectivity index (χ2n) is 3.73. The number of nitro groups is 1. The van der Waals surface area contributed by atoms with E-state index in [0.29, 0.717) is 12.5 Å². The normalized spacial score (nSPS) is 12.1. The Morgan fingerprint density at radius 1 is 1.56 bits per heavy atom. The summed E-state index contributed by atoms with van der Waals surface area (Å²) in [6.07, 6.45) is 0.954. The van der Waals surface area contributed by atoms with Gasteiger partial charge in [0.05, 0.1) is 17.6 Å². The van der Waals surface area contributed by atoms with Crippen LogP contribution in [0.25, 0.3) is 0 Å². The number of non-ortho nitro benzene ring substituents is 1. The van der Waals surface area contributed by atoms with Crippen molar-refractivity contribution in [1.29, 1.82) is 0 Å². The Labute approximate surface area is 93.8 Å². The van der Waals surface area contributed by atoms with E-state index >= 15 is 0 Å². The molecule has 0 saturated carbocycles. The van der Waals surface area contributed by atoms with Crippen LogP contribution < -0.4 is 4.74 Å². The van der Waals surface area contributed by atoms with Crippen molar-refractivity contribution in [3.8, 4) is 11.5 Å². The highest BCUT2D eigenvalue weighted by molar-refractivity contribution is 5.47. The number of nitrogens with zero attached hydrogens (tertiary/aromatic N) is 1. The van der Waals surface area contributed by atoms with E-state index < -0.39 is 4.92 Å². The lowest BCUT2D eigenvalue weighted by molar-refractivity contribution is -0.385. The highest BCUT2D eigenvalue weighted by atomic mass is 16.6. The highest BCUT2D eigenvalue weighted by Crippen LogP contribution is 2.30. The molecule has 16 heavy (non-hydrogen) atoms. The van der Waals surface area contributed by atoms with Crippen molar-refractivity contribution in [1.82, 2.24) is 0 Å². The number of hydrogen-bond acceptors (Lipinski definition) is 4. The molecule has 0 amide bonds. The minimum atomic E-state index is -0.518. The van der Waals surface area contributed by atoms with Crippen molar-refractivity contribution >= 4 is 5.69 Å². The van der Waals surface area contributed by atoms with E-state index in [9.17, 15) is 15.2 Å². The molecule has 1 rings (SSSR count). The van der Waals surface area contributed by atoms with Crippen LogP contribution in [0.1, 0.15) is 20.3 Å². The molecule has 1 unspecified atom stereocenters. The Bertz CT molecular complexity index is 378. The van der Waals surface area contributed by atoms with Gasteiger partial charge in [-0.05, 0) is 12.0 Å². The van der Waals surface area contributed by atoms with Crippen LogP contribution >= 0.6 is 0 Å². The summed E-state index contributed by atoms with van der Waals surface area (Å²) in [7, 11) is 0. The zero-order chi connectivity index (χ0) is 12.1. The summed E-state index contributed by atoms with van der Waals surface area (Å²) in [6.45, 7) is 4.47. The molecule has 5 heteroatoms. The topological polar surface area (TPSA) is 72.6 Å². The number of benzene rings is 1. The van der Waals surface area contributed by atoms with Crippen LogP contribution in [0.2, 0.25) is 0 Å². The van der Waals surface area contributed by atoms with E-state index in [0.717, 1.165) is 6.42 Å². The number of rotatable bonds is 5. The Morgan fingerprint density at radius 2 is 2.25 bits per heavy atom. The van der Waals surface area contributed by atoms with Gasteiger partial charge in [-0.25, -0.2) is 0 Å². The second-order valence-corrected chi connectivity index (χ2v) is 3.73. The molecule has 0 fully saturated rings. The summed E-state index contributed by atoms with van der Waals surface area (Å²) in [5.41, 5.74) is -0.0862. The fourth-order valence-corrected chi connectivity index (χ4v) is 1.08. The first-order chi connectivity index (χ1) is 7.54. The van der Waals surface area contributed by atoms with Crippen molar-refractivity contribution in [3.05, 3.63) is 28.3 Å². The number of phenolic OH excluding ortho intramolecular Hbond substituents is 1. The first-order valence-electron chi connectivity index (χ1n) is 5.14. The lowest BCUT2D eigenvalue weighted by atomic mass is 10.1. The summed E-state index contributed by atoms with van der Waals surface area (Å²) in [5, 5.41) is 20.0. The van der Waals surface area contributed by atoms with Gasteiger partial charge in [-0.3, -0.25) is 10.1 Å². The van der Waals surface area contributed by atoms with Gasteiger partial charge in [-0.15, -0.1) is 0 Å². The van der Waals surface area contributed by atoms with Gasteiger partial charge in [-0.2, -0.15) is 0 Å². The van der Waals surface area contributed by atoms with Crippen LogP contribution in [0.4, 0.5) is 5.69 Å². The minimum absolute atomic E-state index is 0.0751. The van der Waals surface area contributed by atoms with Crippen LogP contribution in [0.5, 0.6) is 11.5 Å². The first-order valence-corrected chi connectivity index (χ1v) is 5.14. The van der Waals surface area contributed by atoms with Gasteiger partial charge < -0.3 is 9.84 Å². The van der Waals surface area contributed by atoms with Gasteiger partial charge >= 0.3 is 0 Å². The van der Waals surface area contributed by atoms with Gasteiger partial charge in [0.25, 0.3) is 5.69 Å². The molecule has 1 N–H and O–H groups in total. The molecule has 1 atom stereocenters. The standard InChI is InChI=1S/C11H15NO4/c1-3-8(2)7-16-11-6-9(12(14)15)4-5-10(11)13/h4-6,8,13H,3,7H2,1-2H3. The number of hydrogen-bond donors (Lipinski definition) is 1. The monoisotopic (exact) mass is 225 g/mol. The largest absolute Gasteiger partial charge is 0.504 e. The molecule has 1 aromatic carbocycles. The Morgan fingerprint density at radius 3 is 2.81 bits per heavy atom. The third-order valence-electron chi connectivity index (χ3n) is 2.37. The zero-order valence-electron chi connectivity index (χ0n) is 9.34. The summed E-state index contributed by atoms with van der Waals surface area (Å²) < 4.78 is 5.33. The molecule has 0 bridgehead atoms. The number of phenols is 1. The van der Waals surface area contributed by atoms with Gasteiger partial charge in [0.15, 0.2) is 11.5 Å². The van der Waals surface area contributed by atoms with Crippen LogP contribution in [0.15, 0.2) is 18.2 Å². The van der Waals surface area contributed by atoms with Gasteiger partial charge in [0.1, 0.15) is 0 Å². The molecular formula is C11H15NO4. The summed E-state index contributed by atoms with van der Waals surface area (Å²) in [5.74, 6) is 0.432. The predicted molar refractivity (Wildman–Crippen MR) is 59.7 cm³/mol. The molecule has 0 radical (unpaired) electrons. The molecule has 0 spiro atoms.